The summed E-state index contributed by atoms with van der Waals surface area (Å²) in [7, 11) is 1.74. The fourth-order valence-electron chi connectivity index (χ4n) is 1.93. The number of carbonyl (C=O) groups is 2. The predicted octanol–water partition coefficient (Wildman–Crippen LogP) is 2.47. The molecule has 1 atom stereocenters. The van der Waals surface area contributed by atoms with Crippen LogP contribution in [0.2, 0.25) is 0 Å². The summed E-state index contributed by atoms with van der Waals surface area (Å²) in [5.74, 6) is -0.751. The summed E-state index contributed by atoms with van der Waals surface area (Å²) in [5.41, 5.74) is 2.68. The second-order valence-corrected chi connectivity index (χ2v) is 5.05. The van der Waals surface area contributed by atoms with Crippen LogP contribution in [0.5, 0.6) is 0 Å². The van der Waals surface area contributed by atoms with Gasteiger partial charge in [-0.05, 0) is 20.8 Å². The lowest BCUT2D eigenvalue weighted by Gasteiger charge is -2.12. The molecule has 1 unspecified atom stereocenters. The van der Waals surface area contributed by atoms with Crippen molar-refractivity contribution in [2.24, 2.45) is 7.05 Å². The van der Waals surface area contributed by atoms with E-state index >= 15 is 0 Å². The van der Waals surface area contributed by atoms with Gasteiger partial charge in [0.2, 0.25) is 5.78 Å². The molecule has 0 N–H and O–H groups in total. The van der Waals surface area contributed by atoms with E-state index in [9.17, 15) is 9.59 Å². The third-order valence-corrected chi connectivity index (χ3v) is 3.44. The van der Waals surface area contributed by atoms with E-state index in [0.29, 0.717) is 16.8 Å². The fourth-order valence-corrected chi connectivity index (χ4v) is 1.93. The fraction of sp³-hybridized carbons (Fsp3) is 0.312. The molecule has 0 fully saturated rings. The summed E-state index contributed by atoms with van der Waals surface area (Å²) in [5, 5.41) is 3.99. The first-order valence-electron chi connectivity index (χ1n) is 6.70. The average Bonchev–Trinajstić information content (AvgIpc) is 2.79. The summed E-state index contributed by atoms with van der Waals surface area (Å²) >= 11 is 0. The number of aryl methyl sites for hydroxylation is 2. The topological polar surface area (TPSA) is 61.2 Å². The molecule has 1 aromatic heterocycles. The highest BCUT2D eigenvalue weighted by Gasteiger charge is 2.22. The van der Waals surface area contributed by atoms with Crippen molar-refractivity contribution in [1.82, 2.24) is 9.78 Å². The molecule has 21 heavy (non-hydrogen) atoms. The number of benzene rings is 1. The Hall–Kier alpha value is -2.43. The molecule has 0 aliphatic heterocycles. The van der Waals surface area contributed by atoms with Gasteiger partial charge in [-0.3, -0.25) is 9.48 Å². The molecule has 0 amide bonds. The quantitative estimate of drug-likeness (QED) is 0.640. The highest BCUT2D eigenvalue weighted by Crippen LogP contribution is 2.12. The van der Waals surface area contributed by atoms with Gasteiger partial charge in [-0.1, -0.05) is 29.8 Å². The molecule has 0 spiro atoms. The molecular formula is C16H18N2O3. The van der Waals surface area contributed by atoms with Gasteiger partial charge in [0.05, 0.1) is 6.20 Å². The van der Waals surface area contributed by atoms with Gasteiger partial charge >= 0.3 is 5.97 Å². The van der Waals surface area contributed by atoms with Crippen LogP contribution >= 0.6 is 0 Å². The van der Waals surface area contributed by atoms with Gasteiger partial charge in [0.1, 0.15) is 5.56 Å². The number of ketones is 1. The Morgan fingerprint density at radius 3 is 2.33 bits per heavy atom. The minimum atomic E-state index is -0.834. The molecule has 2 rings (SSSR count). The van der Waals surface area contributed by atoms with E-state index in [1.165, 1.54) is 6.20 Å². The van der Waals surface area contributed by atoms with E-state index in [1.54, 1.807) is 37.7 Å². The van der Waals surface area contributed by atoms with Gasteiger partial charge in [0.25, 0.3) is 0 Å². The monoisotopic (exact) mass is 286 g/mol. The zero-order valence-electron chi connectivity index (χ0n) is 12.6. The summed E-state index contributed by atoms with van der Waals surface area (Å²) < 4.78 is 6.82. The van der Waals surface area contributed by atoms with Gasteiger partial charge in [0.15, 0.2) is 6.10 Å². The number of aromatic nitrogens is 2. The Balaban J connectivity index is 2.09. The standard InChI is InChI=1S/C16H18N2O3/c1-10-5-7-13(8-6-10)15(19)12(3)21-16(20)14-9-17-18(4)11(14)2/h5-9,12H,1-4H3. The highest BCUT2D eigenvalue weighted by molar-refractivity contribution is 6.01. The zero-order chi connectivity index (χ0) is 15.6. The lowest BCUT2D eigenvalue weighted by atomic mass is 10.1. The van der Waals surface area contributed by atoms with Crippen molar-refractivity contribution < 1.29 is 14.3 Å². The molecule has 0 aliphatic carbocycles. The van der Waals surface area contributed by atoms with E-state index in [4.69, 9.17) is 4.74 Å². The zero-order valence-corrected chi connectivity index (χ0v) is 12.6. The number of Topliss-reactive ketones (excluding diaryl/α,β-unsaturated/α-hetero) is 1. The maximum Gasteiger partial charge on any atom is 0.342 e. The molecule has 1 heterocycles. The first-order valence-corrected chi connectivity index (χ1v) is 6.70. The molecular weight excluding hydrogens is 268 g/mol. The van der Waals surface area contributed by atoms with Crippen LogP contribution in [0.15, 0.2) is 30.5 Å². The van der Waals surface area contributed by atoms with Crippen LogP contribution in [0.25, 0.3) is 0 Å². The molecule has 110 valence electrons. The van der Waals surface area contributed by atoms with Crippen LogP contribution in [-0.2, 0) is 11.8 Å². The minimum absolute atomic E-state index is 0.218. The summed E-state index contributed by atoms with van der Waals surface area (Å²) in [6, 6.07) is 7.18. The average molecular weight is 286 g/mol. The number of ether oxygens (including phenoxy) is 1. The molecule has 0 saturated carbocycles. The number of rotatable bonds is 4. The smallest absolute Gasteiger partial charge is 0.342 e. The number of hydrogen-bond donors (Lipinski definition) is 0. The van der Waals surface area contributed by atoms with Crippen molar-refractivity contribution in [3.05, 3.63) is 52.8 Å². The number of hydrogen-bond acceptors (Lipinski definition) is 4. The molecule has 0 radical (unpaired) electrons. The first-order chi connectivity index (χ1) is 9.90. The Labute approximate surface area is 123 Å². The molecule has 5 heteroatoms. The molecule has 0 aliphatic rings. The second-order valence-electron chi connectivity index (χ2n) is 5.05. The van der Waals surface area contributed by atoms with Gasteiger partial charge in [-0.15, -0.1) is 0 Å². The number of carbonyl (C=O) groups excluding carboxylic acids is 2. The summed E-state index contributed by atoms with van der Waals surface area (Å²) in [6.45, 7) is 5.30. The van der Waals surface area contributed by atoms with E-state index in [2.05, 4.69) is 5.10 Å². The molecule has 2 aromatic rings. The number of esters is 1. The Morgan fingerprint density at radius 2 is 1.81 bits per heavy atom. The minimum Gasteiger partial charge on any atom is -0.451 e. The van der Waals surface area contributed by atoms with Crippen LogP contribution in [0.4, 0.5) is 0 Å². The molecule has 0 bridgehead atoms. The number of nitrogens with zero attached hydrogens (tertiary/aromatic N) is 2. The third kappa shape index (κ3) is 3.18. The Kier molecular flexibility index (Phi) is 4.21. The molecule has 0 saturated heterocycles. The third-order valence-electron chi connectivity index (χ3n) is 3.44. The molecule has 5 nitrogen and oxygen atoms in total. The second kappa shape index (κ2) is 5.91. The van der Waals surface area contributed by atoms with Crippen molar-refractivity contribution in [2.75, 3.05) is 0 Å². The maximum absolute atomic E-state index is 12.2. The SMILES string of the molecule is Cc1ccc(C(=O)C(C)OC(=O)c2cnn(C)c2C)cc1. The van der Waals surface area contributed by atoms with Crippen molar-refractivity contribution in [3.63, 3.8) is 0 Å². The lowest BCUT2D eigenvalue weighted by Crippen LogP contribution is -2.24. The van der Waals surface area contributed by atoms with E-state index in [0.717, 1.165) is 5.56 Å². The van der Waals surface area contributed by atoms with Crippen molar-refractivity contribution >= 4 is 11.8 Å². The normalized spacial score (nSPS) is 12.0. The Bertz CT molecular complexity index is 671. The summed E-state index contributed by atoms with van der Waals surface area (Å²) in [4.78, 5) is 24.3. The highest BCUT2D eigenvalue weighted by atomic mass is 16.5. The molecule has 1 aromatic carbocycles. The lowest BCUT2D eigenvalue weighted by molar-refractivity contribution is 0.0318. The van der Waals surface area contributed by atoms with Crippen LogP contribution in [0, 0.1) is 13.8 Å². The van der Waals surface area contributed by atoms with Crippen LogP contribution in [0.3, 0.4) is 0 Å². The maximum atomic E-state index is 12.2. The van der Waals surface area contributed by atoms with Gasteiger partial charge in [0, 0.05) is 18.3 Å². The summed E-state index contributed by atoms with van der Waals surface area (Å²) in [6.07, 6.45) is 0.612. The van der Waals surface area contributed by atoms with E-state index in [-0.39, 0.29) is 5.78 Å². The van der Waals surface area contributed by atoms with E-state index in [1.807, 2.05) is 19.1 Å². The van der Waals surface area contributed by atoms with Crippen LogP contribution in [0.1, 0.15) is 38.9 Å². The largest absolute Gasteiger partial charge is 0.451 e. The van der Waals surface area contributed by atoms with Crippen LogP contribution < -0.4 is 0 Å². The van der Waals surface area contributed by atoms with E-state index < -0.39 is 12.1 Å². The van der Waals surface area contributed by atoms with Crippen molar-refractivity contribution in [3.8, 4) is 0 Å². The van der Waals surface area contributed by atoms with Gasteiger partial charge in [-0.2, -0.15) is 5.10 Å². The van der Waals surface area contributed by atoms with Crippen molar-refractivity contribution in [2.45, 2.75) is 26.9 Å². The van der Waals surface area contributed by atoms with Gasteiger partial charge in [-0.25, -0.2) is 4.79 Å². The first kappa shape index (κ1) is 15.0. The predicted molar refractivity (Wildman–Crippen MR) is 78.3 cm³/mol. The van der Waals surface area contributed by atoms with Gasteiger partial charge < -0.3 is 4.74 Å². The Morgan fingerprint density at radius 1 is 1.19 bits per heavy atom. The van der Waals surface area contributed by atoms with Crippen LogP contribution in [-0.4, -0.2) is 27.6 Å². The van der Waals surface area contributed by atoms with Crippen molar-refractivity contribution in [1.29, 1.82) is 0 Å².